The zero-order valence-electron chi connectivity index (χ0n) is 13.6. The van der Waals surface area contributed by atoms with Gasteiger partial charge >= 0.3 is 0 Å². The number of para-hydroxylation sites is 1. The maximum absolute atomic E-state index is 13.4. The number of halogens is 1. The van der Waals surface area contributed by atoms with E-state index in [0.717, 1.165) is 41.9 Å². The maximum Gasteiger partial charge on any atom is 0.213 e. The number of benzene rings is 2. The minimum atomic E-state index is -0.237. The van der Waals surface area contributed by atoms with Crippen molar-refractivity contribution in [3.05, 3.63) is 59.4 Å². The van der Waals surface area contributed by atoms with Crippen LogP contribution in [-0.2, 0) is 6.42 Å². The molecule has 1 atom stereocenters. The van der Waals surface area contributed by atoms with Gasteiger partial charge in [0.15, 0.2) is 0 Å². The third-order valence-corrected chi connectivity index (χ3v) is 3.88. The molecule has 5 nitrogen and oxygen atoms in total. The predicted molar refractivity (Wildman–Crippen MR) is 88.9 cm³/mol. The van der Waals surface area contributed by atoms with Crippen LogP contribution in [0.5, 0.6) is 11.5 Å². The van der Waals surface area contributed by atoms with Crippen molar-refractivity contribution in [2.75, 3.05) is 13.7 Å². The second-order valence-corrected chi connectivity index (χ2v) is 5.46. The molecule has 0 fully saturated rings. The lowest BCUT2D eigenvalue weighted by atomic mass is 9.88. The Bertz CT molecular complexity index is 730. The Morgan fingerprint density at radius 3 is 2.75 bits per heavy atom. The van der Waals surface area contributed by atoms with E-state index in [0.29, 0.717) is 0 Å². The average Bonchev–Trinajstić information content (AvgIpc) is 2.76. The van der Waals surface area contributed by atoms with Crippen molar-refractivity contribution in [2.24, 2.45) is 5.11 Å². The van der Waals surface area contributed by atoms with Gasteiger partial charge in [-0.3, -0.25) is 0 Å². The highest BCUT2D eigenvalue weighted by Crippen LogP contribution is 2.41. The molecule has 0 spiro atoms. The first-order valence-electron chi connectivity index (χ1n) is 7.81. The van der Waals surface area contributed by atoms with Crippen LogP contribution in [0.2, 0.25) is 0 Å². The number of rotatable bonds is 3. The van der Waals surface area contributed by atoms with E-state index in [1.807, 2.05) is 18.2 Å². The first kappa shape index (κ1) is 17.8. The summed E-state index contributed by atoms with van der Waals surface area (Å²) in [5.41, 5.74) is 7.94. The molecule has 0 amide bonds. The summed E-state index contributed by atoms with van der Waals surface area (Å²) in [6.07, 6.45) is 2.35. The van der Waals surface area contributed by atoms with Crippen molar-refractivity contribution in [1.82, 2.24) is 4.91 Å². The Labute approximate surface area is 140 Å². The van der Waals surface area contributed by atoms with Crippen LogP contribution >= 0.6 is 0 Å². The monoisotopic (exact) mass is 330 g/mol. The van der Waals surface area contributed by atoms with E-state index in [1.165, 1.54) is 13.1 Å². The Hall–Kier alpha value is -2.56. The normalized spacial score (nSPS) is 14.7. The summed E-state index contributed by atoms with van der Waals surface area (Å²) in [6.45, 7) is 0.176. The molecule has 1 aliphatic heterocycles. The fourth-order valence-electron chi connectivity index (χ4n) is 2.81. The summed E-state index contributed by atoms with van der Waals surface area (Å²) >= 11 is 0. The molecule has 0 bridgehead atoms. The van der Waals surface area contributed by atoms with Crippen LogP contribution in [0.1, 0.15) is 29.9 Å². The smallest absolute Gasteiger partial charge is 0.213 e. The van der Waals surface area contributed by atoms with Crippen LogP contribution in [0.15, 0.2) is 47.6 Å². The van der Waals surface area contributed by atoms with Gasteiger partial charge in [0.2, 0.25) is 4.91 Å². The molecule has 0 aromatic heterocycles. The number of hydrogen-bond donors (Lipinski definition) is 2. The van der Waals surface area contributed by atoms with Crippen LogP contribution in [0.3, 0.4) is 0 Å². The van der Waals surface area contributed by atoms with E-state index in [4.69, 9.17) is 15.4 Å². The summed E-state index contributed by atoms with van der Waals surface area (Å²) in [5, 5.41) is 12.1. The molecule has 3 rings (SSSR count). The van der Waals surface area contributed by atoms with Crippen molar-refractivity contribution in [2.45, 2.75) is 25.2 Å². The molecule has 0 saturated heterocycles. The number of aliphatic hydroxyl groups is 1. The molecule has 1 unspecified atom stereocenters. The van der Waals surface area contributed by atoms with Crippen LogP contribution in [-0.4, -0.2) is 18.8 Å². The summed E-state index contributed by atoms with van der Waals surface area (Å²) in [5.74, 6) is 1.58. The zero-order valence-corrected chi connectivity index (χ0v) is 13.6. The first-order chi connectivity index (χ1) is 11.7. The highest BCUT2D eigenvalue weighted by Gasteiger charge is 2.23. The van der Waals surface area contributed by atoms with Gasteiger partial charge in [-0.1, -0.05) is 18.2 Å². The second kappa shape index (κ2) is 8.91. The van der Waals surface area contributed by atoms with Gasteiger partial charge in [0.05, 0.1) is 0 Å². The van der Waals surface area contributed by atoms with Crippen LogP contribution in [0.4, 0.5) is 4.39 Å². The lowest BCUT2D eigenvalue weighted by Crippen LogP contribution is -2.03. The van der Waals surface area contributed by atoms with Crippen LogP contribution in [0, 0.1) is 11.3 Å². The Morgan fingerprint density at radius 1 is 1.29 bits per heavy atom. The van der Waals surface area contributed by atoms with Gasteiger partial charge in [-0.25, -0.2) is 4.39 Å². The van der Waals surface area contributed by atoms with Crippen molar-refractivity contribution in [3.63, 3.8) is 0 Å². The number of fused-ring (bicyclic) bond motifs is 2. The third-order valence-electron chi connectivity index (χ3n) is 3.88. The molecule has 6 heteroatoms. The third kappa shape index (κ3) is 4.47. The van der Waals surface area contributed by atoms with Gasteiger partial charge in [0.25, 0.3) is 0 Å². The lowest BCUT2D eigenvalue weighted by Gasteiger charge is -2.15. The molecule has 1 heterocycles. The molecule has 24 heavy (non-hydrogen) atoms. The Balaban J connectivity index is 0.000000471. The lowest BCUT2D eigenvalue weighted by molar-refractivity contribution is 0.279. The van der Waals surface area contributed by atoms with Gasteiger partial charge in [-0.2, -0.15) is 0 Å². The number of nitrogens with one attached hydrogen (secondary N) is 1. The molecule has 2 aromatic carbocycles. The van der Waals surface area contributed by atoms with Gasteiger partial charge in [-0.05, 0) is 60.6 Å². The van der Waals surface area contributed by atoms with Gasteiger partial charge in [0, 0.05) is 6.61 Å². The molecule has 0 radical (unpaired) electrons. The van der Waals surface area contributed by atoms with Crippen molar-refractivity contribution in [1.29, 1.82) is 5.53 Å². The minimum absolute atomic E-state index is 0.176. The SMILES string of the molecule is CN=[N+]=N.OCCCC1Cc2cc(F)ccc2Oc2ccccc21. The van der Waals surface area contributed by atoms with Crippen LogP contribution in [0.25, 0.3) is 0 Å². The summed E-state index contributed by atoms with van der Waals surface area (Å²) in [6, 6.07) is 12.6. The molecule has 2 N–H and O–H groups in total. The molecular weight excluding hydrogens is 309 g/mol. The second-order valence-electron chi connectivity index (χ2n) is 5.46. The standard InChI is InChI=1S/C17H17FO2.CH4N3/c18-14-7-8-16-13(11-14)10-12(4-3-9-19)15-5-1-2-6-17(15)20-16;1-3-4-2/h1-2,5-8,11-12,19H,3-4,9-10H2;2H,1H3/q;+1. The Kier molecular flexibility index (Phi) is 6.61. The molecule has 126 valence electrons. The fraction of sp³-hybridized carbons (Fsp3) is 0.333. The summed E-state index contributed by atoms with van der Waals surface area (Å²) in [4.78, 5) is 2.61. The van der Waals surface area contributed by atoms with Crippen molar-refractivity contribution >= 4 is 0 Å². The maximum atomic E-state index is 13.4. The van der Waals surface area contributed by atoms with Crippen LogP contribution < -0.4 is 9.65 Å². The first-order valence-corrected chi connectivity index (χ1v) is 7.81. The predicted octanol–water partition coefficient (Wildman–Crippen LogP) is 4.20. The number of nitrogens with zero attached hydrogens (tertiary/aromatic N) is 2. The van der Waals surface area contributed by atoms with E-state index in [9.17, 15) is 4.39 Å². The zero-order chi connectivity index (χ0) is 17.4. The number of aliphatic hydroxyl groups excluding tert-OH is 1. The van der Waals surface area contributed by atoms with E-state index in [-0.39, 0.29) is 18.3 Å². The van der Waals surface area contributed by atoms with E-state index < -0.39 is 0 Å². The molecule has 1 aliphatic rings. The van der Waals surface area contributed by atoms with E-state index >= 15 is 0 Å². The highest BCUT2D eigenvalue weighted by molar-refractivity contribution is 5.47. The molecular formula is C18H21FN3O2+. The van der Waals surface area contributed by atoms with Crippen molar-refractivity contribution in [3.8, 4) is 11.5 Å². The minimum Gasteiger partial charge on any atom is -0.457 e. The fourth-order valence-corrected chi connectivity index (χ4v) is 2.81. The molecule has 0 aliphatic carbocycles. The molecule has 0 saturated carbocycles. The van der Waals surface area contributed by atoms with Gasteiger partial charge < -0.3 is 9.84 Å². The summed E-state index contributed by atoms with van der Waals surface area (Å²) in [7, 11) is 1.45. The highest BCUT2D eigenvalue weighted by atomic mass is 19.1. The topological polar surface area (TPSA) is 79.8 Å². The van der Waals surface area contributed by atoms with E-state index in [2.05, 4.69) is 16.1 Å². The number of ether oxygens (including phenoxy) is 1. The largest absolute Gasteiger partial charge is 0.457 e. The van der Waals surface area contributed by atoms with Gasteiger partial charge in [0.1, 0.15) is 35.0 Å². The van der Waals surface area contributed by atoms with Crippen molar-refractivity contribution < 1.29 is 14.2 Å². The number of hydrogen-bond acceptors (Lipinski definition) is 4. The Morgan fingerprint density at radius 2 is 2.04 bits per heavy atom. The van der Waals surface area contributed by atoms with Gasteiger partial charge in [-0.15, -0.1) is 0 Å². The quantitative estimate of drug-likeness (QED) is 0.653. The van der Waals surface area contributed by atoms with E-state index in [1.54, 1.807) is 12.1 Å². The molecule has 2 aromatic rings. The average molecular weight is 330 g/mol. The summed E-state index contributed by atoms with van der Waals surface area (Å²) < 4.78 is 19.4.